The monoisotopic (exact) mass is 384 g/mol. The number of hydrogen-bond acceptors (Lipinski definition) is 2. The van der Waals surface area contributed by atoms with Crippen LogP contribution in [-0.4, -0.2) is 7.11 Å². The van der Waals surface area contributed by atoms with Crippen molar-refractivity contribution >= 4 is 31.9 Å². The van der Waals surface area contributed by atoms with Crippen molar-refractivity contribution in [3.05, 3.63) is 58.1 Å². The molecular weight excluding hydrogens is 372 g/mol. The quantitative estimate of drug-likeness (QED) is 0.679. The molecule has 0 saturated carbocycles. The van der Waals surface area contributed by atoms with E-state index in [1.165, 1.54) is 5.56 Å². The third-order valence-electron chi connectivity index (χ3n) is 2.73. The van der Waals surface area contributed by atoms with E-state index in [0.717, 1.165) is 26.9 Å². The van der Waals surface area contributed by atoms with Crippen molar-refractivity contribution in [3.8, 4) is 11.5 Å². The van der Waals surface area contributed by atoms with Crippen LogP contribution in [0.15, 0.2) is 46.9 Å². The maximum atomic E-state index is 5.82. The molecule has 100 valence electrons. The molecule has 0 fully saturated rings. The number of alkyl halides is 1. The molecule has 0 aromatic heterocycles. The summed E-state index contributed by atoms with van der Waals surface area (Å²) in [5.41, 5.74) is 2.23. The summed E-state index contributed by atoms with van der Waals surface area (Å²) >= 11 is 6.95. The Morgan fingerprint density at radius 1 is 1.05 bits per heavy atom. The van der Waals surface area contributed by atoms with Gasteiger partial charge in [-0.3, -0.25) is 0 Å². The van der Waals surface area contributed by atoms with Crippen molar-refractivity contribution in [2.45, 2.75) is 11.9 Å². The average Bonchev–Trinajstić information content (AvgIpc) is 2.46. The molecule has 0 atom stereocenters. The van der Waals surface area contributed by atoms with Gasteiger partial charge in [-0.2, -0.15) is 0 Å². The molecular formula is C15H14Br2O2. The summed E-state index contributed by atoms with van der Waals surface area (Å²) in [5, 5.41) is 0.832. The zero-order valence-electron chi connectivity index (χ0n) is 10.5. The van der Waals surface area contributed by atoms with Crippen LogP contribution >= 0.6 is 31.9 Å². The molecule has 2 rings (SSSR count). The first-order valence-electron chi connectivity index (χ1n) is 5.83. The topological polar surface area (TPSA) is 18.5 Å². The Hall–Kier alpha value is -1.000. The maximum Gasteiger partial charge on any atom is 0.134 e. The van der Waals surface area contributed by atoms with E-state index < -0.39 is 0 Å². The third kappa shape index (κ3) is 3.74. The van der Waals surface area contributed by atoms with Gasteiger partial charge in [0, 0.05) is 10.9 Å². The minimum absolute atomic E-state index is 0.482. The fourth-order valence-electron chi connectivity index (χ4n) is 1.72. The van der Waals surface area contributed by atoms with Gasteiger partial charge < -0.3 is 9.47 Å². The summed E-state index contributed by atoms with van der Waals surface area (Å²) in [7, 11) is 1.67. The molecule has 0 saturated heterocycles. The predicted molar refractivity (Wildman–Crippen MR) is 84.1 cm³/mol. The molecule has 0 bridgehead atoms. The molecule has 0 aliphatic carbocycles. The lowest BCUT2D eigenvalue weighted by Crippen LogP contribution is -1.99. The van der Waals surface area contributed by atoms with Crippen molar-refractivity contribution in [1.29, 1.82) is 0 Å². The number of rotatable bonds is 5. The first-order valence-corrected chi connectivity index (χ1v) is 7.75. The number of benzene rings is 2. The van der Waals surface area contributed by atoms with Crippen LogP contribution in [0.25, 0.3) is 0 Å². The molecule has 2 aromatic carbocycles. The molecule has 0 aliphatic rings. The van der Waals surface area contributed by atoms with Gasteiger partial charge in [-0.05, 0) is 39.7 Å². The highest BCUT2D eigenvalue weighted by atomic mass is 79.9. The molecule has 0 aliphatic heterocycles. The van der Waals surface area contributed by atoms with E-state index in [-0.39, 0.29) is 0 Å². The fourth-order valence-corrected chi connectivity index (χ4v) is 2.61. The van der Waals surface area contributed by atoms with Crippen LogP contribution in [0.4, 0.5) is 0 Å². The highest BCUT2D eigenvalue weighted by Crippen LogP contribution is 2.28. The van der Waals surface area contributed by atoms with E-state index in [2.05, 4.69) is 31.9 Å². The first-order chi connectivity index (χ1) is 9.24. The number of hydrogen-bond donors (Lipinski definition) is 0. The minimum atomic E-state index is 0.482. The summed E-state index contributed by atoms with van der Waals surface area (Å²) in [6.45, 7) is 0.482. The summed E-state index contributed by atoms with van der Waals surface area (Å²) < 4.78 is 12.1. The van der Waals surface area contributed by atoms with Gasteiger partial charge in [0.25, 0.3) is 0 Å². The second kappa shape index (κ2) is 6.96. The Kier molecular flexibility index (Phi) is 5.28. The Labute approximate surface area is 130 Å². The molecule has 2 aromatic rings. The van der Waals surface area contributed by atoms with Crippen LogP contribution in [0, 0.1) is 0 Å². The Bertz CT molecular complexity index is 556. The van der Waals surface area contributed by atoms with Crippen LogP contribution in [0.5, 0.6) is 11.5 Å². The van der Waals surface area contributed by atoms with Crippen LogP contribution in [0.1, 0.15) is 11.1 Å². The third-order valence-corrected chi connectivity index (χ3v) is 3.99. The number of ether oxygens (including phenoxy) is 2. The van der Waals surface area contributed by atoms with Gasteiger partial charge in [0.2, 0.25) is 0 Å². The van der Waals surface area contributed by atoms with Gasteiger partial charge in [0.05, 0.1) is 11.6 Å². The molecule has 4 heteroatoms. The second-order valence-electron chi connectivity index (χ2n) is 4.00. The highest BCUT2D eigenvalue weighted by molar-refractivity contribution is 9.10. The zero-order valence-corrected chi connectivity index (χ0v) is 13.7. The minimum Gasteiger partial charge on any atom is -0.496 e. The van der Waals surface area contributed by atoms with E-state index >= 15 is 0 Å². The highest BCUT2D eigenvalue weighted by Gasteiger charge is 2.05. The summed E-state index contributed by atoms with van der Waals surface area (Å²) in [5.74, 6) is 1.67. The van der Waals surface area contributed by atoms with E-state index in [4.69, 9.17) is 9.47 Å². The van der Waals surface area contributed by atoms with Gasteiger partial charge in [-0.25, -0.2) is 0 Å². The number of para-hydroxylation sites is 1. The molecule has 0 unspecified atom stereocenters. The SMILES string of the molecule is COc1ccccc1COc1ccc(CBr)cc1Br. The lowest BCUT2D eigenvalue weighted by Gasteiger charge is -2.11. The second-order valence-corrected chi connectivity index (χ2v) is 5.41. The molecule has 0 N–H and O–H groups in total. The van der Waals surface area contributed by atoms with Gasteiger partial charge in [0.15, 0.2) is 0 Å². The van der Waals surface area contributed by atoms with Gasteiger partial charge in [-0.1, -0.05) is 40.2 Å². The molecule has 0 spiro atoms. The molecule has 0 radical (unpaired) electrons. The van der Waals surface area contributed by atoms with E-state index in [0.29, 0.717) is 6.61 Å². The van der Waals surface area contributed by atoms with Crippen molar-refractivity contribution in [3.63, 3.8) is 0 Å². The Balaban J connectivity index is 2.10. The number of methoxy groups -OCH3 is 1. The van der Waals surface area contributed by atoms with Crippen molar-refractivity contribution < 1.29 is 9.47 Å². The van der Waals surface area contributed by atoms with Crippen LogP contribution in [0.2, 0.25) is 0 Å². The van der Waals surface area contributed by atoms with E-state index in [1.807, 2.05) is 42.5 Å². The standard InChI is InChI=1S/C15H14Br2O2/c1-18-14-5-3-2-4-12(14)10-19-15-7-6-11(9-16)8-13(15)17/h2-8H,9-10H2,1H3. The fraction of sp³-hybridized carbons (Fsp3) is 0.200. The average molecular weight is 386 g/mol. The Morgan fingerprint density at radius 2 is 1.84 bits per heavy atom. The van der Waals surface area contributed by atoms with Gasteiger partial charge >= 0.3 is 0 Å². The van der Waals surface area contributed by atoms with Gasteiger partial charge in [0.1, 0.15) is 18.1 Å². The van der Waals surface area contributed by atoms with Crippen LogP contribution in [-0.2, 0) is 11.9 Å². The lowest BCUT2D eigenvalue weighted by atomic mass is 10.2. The van der Waals surface area contributed by atoms with Crippen LogP contribution < -0.4 is 9.47 Å². The Morgan fingerprint density at radius 3 is 2.53 bits per heavy atom. The molecule has 0 heterocycles. The van der Waals surface area contributed by atoms with Crippen LogP contribution in [0.3, 0.4) is 0 Å². The molecule has 19 heavy (non-hydrogen) atoms. The van der Waals surface area contributed by atoms with Crippen molar-refractivity contribution in [1.82, 2.24) is 0 Å². The summed E-state index contributed by atoms with van der Waals surface area (Å²) in [6.07, 6.45) is 0. The van der Waals surface area contributed by atoms with E-state index in [9.17, 15) is 0 Å². The van der Waals surface area contributed by atoms with Gasteiger partial charge in [-0.15, -0.1) is 0 Å². The van der Waals surface area contributed by atoms with E-state index in [1.54, 1.807) is 7.11 Å². The first kappa shape index (κ1) is 14.4. The van der Waals surface area contributed by atoms with Crippen molar-refractivity contribution in [2.24, 2.45) is 0 Å². The lowest BCUT2D eigenvalue weighted by molar-refractivity contribution is 0.295. The predicted octanol–water partition coefficient (Wildman–Crippen LogP) is 4.93. The zero-order chi connectivity index (χ0) is 13.7. The smallest absolute Gasteiger partial charge is 0.134 e. The number of halogens is 2. The largest absolute Gasteiger partial charge is 0.496 e. The summed E-state index contributed by atoms with van der Waals surface area (Å²) in [6, 6.07) is 13.9. The van der Waals surface area contributed by atoms with Crippen molar-refractivity contribution in [2.75, 3.05) is 7.11 Å². The maximum absolute atomic E-state index is 5.82. The molecule has 2 nitrogen and oxygen atoms in total. The molecule has 0 amide bonds. The normalized spacial score (nSPS) is 10.3. The summed E-state index contributed by atoms with van der Waals surface area (Å²) in [4.78, 5) is 0.